The molecule has 1 aliphatic heterocycles. The molecule has 1 aromatic carbocycles. The number of fused-ring (bicyclic) bond motifs is 1. The van der Waals surface area contributed by atoms with E-state index in [0.29, 0.717) is 11.9 Å². The summed E-state index contributed by atoms with van der Waals surface area (Å²) >= 11 is 0. The number of nitrogens with zero attached hydrogens (tertiary/aromatic N) is 3. The van der Waals surface area contributed by atoms with Crippen LogP contribution in [0.3, 0.4) is 0 Å². The second-order valence-electron chi connectivity index (χ2n) is 6.74. The molecule has 1 unspecified atom stereocenters. The van der Waals surface area contributed by atoms with Crippen molar-refractivity contribution in [2.24, 2.45) is 12.5 Å². The Morgan fingerprint density at radius 3 is 2.87 bits per heavy atom. The number of likely N-dealkylation sites (tertiary alicyclic amines) is 1. The first-order valence-electron chi connectivity index (χ1n) is 8.36. The second-order valence-corrected chi connectivity index (χ2v) is 6.74. The normalized spacial score (nSPS) is 22.6. The van der Waals surface area contributed by atoms with Gasteiger partial charge in [0.05, 0.1) is 17.4 Å². The molecule has 124 valence electrons. The Morgan fingerprint density at radius 2 is 2.13 bits per heavy atom. The predicted molar refractivity (Wildman–Crippen MR) is 91.3 cm³/mol. The van der Waals surface area contributed by atoms with Gasteiger partial charge in [0.15, 0.2) is 0 Å². The first kappa shape index (κ1) is 16.1. The van der Waals surface area contributed by atoms with E-state index < -0.39 is 0 Å². The van der Waals surface area contributed by atoms with Crippen molar-refractivity contribution in [1.82, 2.24) is 14.5 Å². The van der Waals surface area contributed by atoms with E-state index in [1.807, 2.05) is 24.3 Å². The van der Waals surface area contributed by atoms with E-state index in [1.54, 1.807) is 11.6 Å². The Hall–Kier alpha value is -1.72. The third-order valence-corrected chi connectivity index (χ3v) is 5.27. The number of rotatable bonds is 4. The van der Waals surface area contributed by atoms with Crippen LogP contribution in [-0.4, -0.2) is 39.3 Å². The van der Waals surface area contributed by atoms with Crippen molar-refractivity contribution in [2.75, 3.05) is 19.7 Å². The Morgan fingerprint density at radius 1 is 1.35 bits per heavy atom. The fourth-order valence-corrected chi connectivity index (χ4v) is 3.58. The van der Waals surface area contributed by atoms with Crippen LogP contribution in [0.5, 0.6) is 0 Å². The number of piperidine rings is 1. The molecule has 1 aliphatic rings. The molecule has 5 heteroatoms. The number of aromatic nitrogens is 2. The molecule has 1 fully saturated rings. The Bertz CT molecular complexity index is 750. The van der Waals surface area contributed by atoms with E-state index in [4.69, 9.17) is 0 Å². The summed E-state index contributed by atoms with van der Waals surface area (Å²) in [5.74, 6) is 0.790. The maximum Gasteiger partial charge on any atom is 0.261 e. The minimum atomic E-state index is -0.00599. The summed E-state index contributed by atoms with van der Waals surface area (Å²) in [6.07, 6.45) is 3.13. The molecule has 0 radical (unpaired) electrons. The van der Waals surface area contributed by atoms with Crippen molar-refractivity contribution in [2.45, 2.75) is 32.7 Å². The topological polar surface area (TPSA) is 58.4 Å². The summed E-state index contributed by atoms with van der Waals surface area (Å²) in [6.45, 7) is 4.87. The van der Waals surface area contributed by atoms with Gasteiger partial charge in [-0.25, -0.2) is 4.98 Å². The van der Waals surface area contributed by atoms with Gasteiger partial charge in [-0.15, -0.1) is 0 Å². The van der Waals surface area contributed by atoms with Gasteiger partial charge >= 0.3 is 0 Å². The lowest BCUT2D eigenvalue weighted by Crippen LogP contribution is -2.45. The van der Waals surface area contributed by atoms with E-state index in [1.165, 1.54) is 0 Å². The van der Waals surface area contributed by atoms with Gasteiger partial charge in [0.25, 0.3) is 5.56 Å². The van der Waals surface area contributed by atoms with Crippen LogP contribution in [0.25, 0.3) is 10.9 Å². The monoisotopic (exact) mass is 315 g/mol. The van der Waals surface area contributed by atoms with Gasteiger partial charge in [0, 0.05) is 25.6 Å². The molecule has 3 rings (SSSR count). The van der Waals surface area contributed by atoms with Crippen molar-refractivity contribution < 1.29 is 5.11 Å². The van der Waals surface area contributed by atoms with Crippen LogP contribution >= 0.6 is 0 Å². The van der Waals surface area contributed by atoms with Crippen LogP contribution in [0, 0.1) is 5.41 Å². The molecule has 0 aliphatic carbocycles. The highest BCUT2D eigenvalue weighted by atomic mass is 16.3. The third-order valence-electron chi connectivity index (χ3n) is 5.27. The molecular formula is C18H25N3O2. The van der Waals surface area contributed by atoms with Crippen molar-refractivity contribution in [1.29, 1.82) is 0 Å². The van der Waals surface area contributed by atoms with Gasteiger partial charge in [0.2, 0.25) is 0 Å². The Kier molecular flexibility index (Phi) is 4.50. The number of para-hydroxylation sites is 1. The quantitative estimate of drug-likeness (QED) is 0.936. The molecule has 1 aromatic heterocycles. The van der Waals surface area contributed by atoms with Crippen LogP contribution in [0.15, 0.2) is 29.1 Å². The first-order chi connectivity index (χ1) is 11.1. The molecule has 0 spiro atoms. The standard InChI is InChI=1S/C18H25N3O2/c1-3-18(13-22)9-6-10-21(12-18)11-16-19-15-8-5-4-7-14(15)17(23)20(16)2/h4-5,7-8,22H,3,6,9-13H2,1-2H3. The zero-order valence-corrected chi connectivity index (χ0v) is 14.0. The van der Waals surface area contributed by atoms with Gasteiger partial charge in [0.1, 0.15) is 5.82 Å². The van der Waals surface area contributed by atoms with E-state index in [-0.39, 0.29) is 17.6 Å². The number of hydrogen-bond donors (Lipinski definition) is 1. The van der Waals surface area contributed by atoms with Crippen molar-refractivity contribution in [3.63, 3.8) is 0 Å². The van der Waals surface area contributed by atoms with Crippen LogP contribution < -0.4 is 5.56 Å². The average Bonchev–Trinajstić information content (AvgIpc) is 2.59. The summed E-state index contributed by atoms with van der Waals surface area (Å²) in [5.41, 5.74) is 0.756. The van der Waals surface area contributed by atoms with Crippen molar-refractivity contribution in [3.8, 4) is 0 Å². The van der Waals surface area contributed by atoms with Crippen LogP contribution in [0.4, 0.5) is 0 Å². The van der Waals surface area contributed by atoms with E-state index in [9.17, 15) is 9.90 Å². The summed E-state index contributed by atoms with van der Waals surface area (Å²) in [7, 11) is 1.79. The second kappa shape index (κ2) is 6.42. The summed E-state index contributed by atoms with van der Waals surface area (Å²) in [4.78, 5) is 19.5. The molecule has 0 bridgehead atoms. The van der Waals surface area contributed by atoms with Crippen LogP contribution in [0.1, 0.15) is 32.0 Å². The highest BCUT2D eigenvalue weighted by Crippen LogP contribution is 2.33. The molecular weight excluding hydrogens is 290 g/mol. The maximum absolute atomic E-state index is 12.5. The number of aliphatic hydroxyl groups excluding tert-OH is 1. The van der Waals surface area contributed by atoms with Gasteiger partial charge in [-0.05, 0) is 37.9 Å². The van der Waals surface area contributed by atoms with Crippen LogP contribution in [-0.2, 0) is 13.6 Å². The number of benzene rings is 1. The highest BCUT2D eigenvalue weighted by Gasteiger charge is 2.33. The maximum atomic E-state index is 12.5. The molecule has 1 N–H and O–H groups in total. The molecule has 1 atom stereocenters. The average molecular weight is 315 g/mol. The highest BCUT2D eigenvalue weighted by molar-refractivity contribution is 5.77. The fraction of sp³-hybridized carbons (Fsp3) is 0.556. The van der Waals surface area contributed by atoms with Crippen molar-refractivity contribution >= 4 is 10.9 Å². The first-order valence-corrected chi connectivity index (χ1v) is 8.36. The van der Waals surface area contributed by atoms with Crippen molar-refractivity contribution in [3.05, 3.63) is 40.4 Å². The van der Waals surface area contributed by atoms with Gasteiger partial charge in [-0.3, -0.25) is 14.3 Å². The molecule has 2 aromatic rings. The zero-order valence-electron chi connectivity index (χ0n) is 14.0. The largest absolute Gasteiger partial charge is 0.396 e. The third kappa shape index (κ3) is 3.03. The molecule has 5 nitrogen and oxygen atoms in total. The number of aliphatic hydroxyl groups is 1. The zero-order chi connectivity index (χ0) is 16.4. The molecule has 0 amide bonds. The Labute approximate surface area is 136 Å². The number of hydrogen-bond acceptors (Lipinski definition) is 4. The molecule has 0 saturated carbocycles. The predicted octanol–water partition coefficient (Wildman–Crippen LogP) is 1.92. The van der Waals surface area contributed by atoms with E-state index in [2.05, 4.69) is 16.8 Å². The van der Waals surface area contributed by atoms with Gasteiger partial charge in [-0.1, -0.05) is 19.1 Å². The van der Waals surface area contributed by atoms with E-state index >= 15 is 0 Å². The van der Waals surface area contributed by atoms with Gasteiger partial charge < -0.3 is 5.11 Å². The lowest BCUT2D eigenvalue weighted by Gasteiger charge is -2.41. The lowest BCUT2D eigenvalue weighted by atomic mass is 9.78. The Balaban J connectivity index is 1.90. The summed E-state index contributed by atoms with van der Waals surface area (Å²) in [5, 5.41) is 10.4. The van der Waals surface area contributed by atoms with Crippen LogP contribution in [0.2, 0.25) is 0 Å². The van der Waals surface area contributed by atoms with Gasteiger partial charge in [-0.2, -0.15) is 0 Å². The fourth-order valence-electron chi connectivity index (χ4n) is 3.58. The molecule has 23 heavy (non-hydrogen) atoms. The van der Waals surface area contributed by atoms with E-state index in [0.717, 1.165) is 43.7 Å². The minimum absolute atomic E-state index is 0.00599. The minimum Gasteiger partial charge on any atom is -0.396 e. The smallest absolute Gasteiger partial charge is 0.261 e. The lowest BCUT2D eigenvalue weighted by molar-refractivity contribution is 0.0243. The molecule has 1 saturated heterocycles. The summed E-state index contributed by atoms with van der Waals surface area (Å²) < 4.78 is 1.66. The summed E-state index contributed by atoms with van der Waals surface area (Å²) in [6, 6.07) is 7.49. The molecule has 2 heterocycles. The SMILES string of the molecule is CCC1(CO)CCCN(Cc2nc3ccccc3c(=O)n2C)C1.